The second-order valence-corrected chi connectivity index (χ2v) is 4.53. The van der Waals surface area contributed by atoms with Gasteiger partial charge in [0.1, 0.15) is 11.6 Å². The van der Waals surface area contributed by atoms with Crippen LogP contribution in [0.15, 0.2) is 18.2 Å². The van der Waals surface area contributed by atoms with Gasteiger partial charge in [0.05, 0.1) is 0 Å². The highest BCUT2D eigenvalue weighted by atomic mass is 19.1. The number of aryl methyl sites for hydroxylation is 1. The molecule has 1 aromatic rings. The van der Waals surface area contributed by atoms with E-state index in [9.17, 15) is 9.18 Å². The van der Waals surface area contributed by atoms with Crippen LogP contribution in [0.5, 0.6) is 0 Å². The lowest BCUT2D eigenvalue weighted by atomic mass is 9.76. The Labute approximate surface area is 89.3 Å². The number of carbonyl (C=O) groups is 1. The largest absolute Gasteiger partial charge is 0.299 e. The van der Waals surface area contributed by atoms with E-state index in [1.165, 1.54) is 6.07 Å². The average Bonchev–Trinajstić information content (AvgIpc) is 2.17. The summed E-state index contributed by atoms with van der Waals surface area (Å²) in [7, 11) is 0. The van der Waals surface area contributed by atoms with Gasteiger partial charge in [0, 0.05) is 12.3 Å². The van der Waals surface area contributed by atoms with Crippen molar-refractivity contribution >= 4 is 5.78 Å². The zero-order chi connectivity index (χ0) is 11.0. The van der Waals surface area contributed by atoms with Crippen LogP contribution in [0.2, 0.25) is 0 Å². The molecular weight excluding hydrogens is 191 g/mol. The van der Waals surface area contributed by atoms with Crippen molar-refractivity contribution in [1.29, 1.82) is 0 Å². The summed E-state index contributed by atoms with van der Waals surface area (Å²) in [5.74, 6) is 0.353. The standard InChI is InChI=1S/C13H15FO/c1-8(2)13-11-5-4-10(14)7-9(11)3-6-12(13)15/h4-5,7-8,13H,3,6H2,1-2H3/t13-/m0/s1. The lowest BCUT2D eigenvalue weighted by Crippen LogP contribution is -2.24. The molecule has 0 aromatic heterocycles. The number of carbonyl (C=O) groups excluding carboxylic acids is 1. The second-order valence-electron chi connectivity index (χ2n) is 4.53. The molecule has 0 saturated heterocycles. The minimum atomic E-state index is -0.203. The number of ketones is 1. The van der Waals surface area contributed by atoms with Gasteiger partial charge in [0.15, 0.2) is 0 Å². The molecule has 1 atom stereocenters. The van der Waals surface area contributed by atoms with Crippen LogP contribution in [0.3, 0.4) is 0 Å². The molecular formula is C13H15FO. The summed E-state index contributed by atoms with van der Waals surface area (Å²) in [5.41, 5.74) is 2.04. The minimum absolute atomic E-state index is 0.0330. The summed E-state index contributed by atoms with van der Waals surface area (Å²) in [5, 5.41) is 0. The van der Waals surface area contributed by atoms with Gasteiger partial charge in [-0.1, -0.05) is 19.9 Å². The van der Waals surface area contributed by atoms with Gasteiger partial charge in [-0.2, -0.15) is 0 Å². The molecule has 0 heterocycles. The van der Waals surface area contributed by atoms with E-state index in [-0.39, 0.29) is 11.7 Å². The van der Waals surface area contributed by atoms with Gasteiger partial charge in [0.2, 0.25) is 0 Å². The van der Waals surface area contributed by atoms with Crippen LogP contribution >= 0.6 is 0 Å². The van der Waals surface area contributed by atoms with Crippen LogP contribution in [0.4, 0.5) is 4.39 Å². The van der Waals surface area contributed by atoms with E-state index in [2.05, 4.69) is 0 Å². The van der Waals surface area contributed by atoms with Gasteiger partial charge >= 0.3 is 0 Å². The molecule has 0 saturated carbocycles. The molecule has 0 fully saturated rings. The molecule has 0 bridgehead atoms. The van der Waals surface area contributed by atoms with Gasteiger partial charge in [-0.25, -0.2) is 4.39 Å². The zero-order valence-corrected chi connectivity index (χ0v) is 9.09. The minimum Gasteiger partial charge on any atom is -0.299 e. The van der Waals surface area contributed by atoms with Crippen molar-refractivity contribution in [3.05, 3.63) is 35.1 Å². The number of hydrogen-bond donors (Lipinski definition) is 0. The lowest BCUT2D eigenvalue weighted by Gasteiger charge is -2.27. The average molecular weight is 206 g/mol. The molecule has 1 aliphatic carbocycles. The predicted molar refractivity (Wildman–Crippen MR) is 57.3 cm³/mol. The van der Waals surface area contributed by atoms with E-state index < -0.39 is 0 Å². The third-order valence-corrected chi connectivity index (χ3v) is 3.09. The Morgan fingerprint density at radius 3 is 2.73 bits per heavy atom. The third kappa shape index (κ3) is 1.81. The van der Waals surface area contributed by atoms with Crippen molar-refractivity contribution in [2.45, 2.75) is 32.6 Å². The highest BCUT2D eigenvalue weighted by molar-refractivity contribution is 5.88. The molecule has 1 aromatic carbocycles. The SMILES string of the molecule is CC(C)[C@@H]1C(=O)CCc2cc(F)ccc21. The molecule has 2 heteroatoms. The smallest absolute Gasteiger partial charge is 0.140 e. The van der Waals surface area contributed by atoms with Crippen LogP contribution in [0.25, 0.3) is 0 Å². The van der Waals surface area contributed by atoms with E-state index >= 15 is 0 Å². The van der Waals surface area contributed by atoms with Crippen molar-refractivity contribution in [1.82, 2.24) is 0 Å². The van der Waals surface area contributed by atoms with Crippen LogP contribution in [0, 0.1) is 11.7 Å². The molecule has 0 unspecified atom stereocenters. The fourth-order valence-electron chi connectivity index (χ4n) is 2.41. The van der Waals surface area contributed by atoms with E-state index in [4.69, 9.17) is 0 Å². The van der Waals surface area contributed by atoms with Crippen molar-refractivity contribution < 1.29 is 9.18 Å². The van der Waals surface area contributed by atoms with Crippen LogP contribution in [0.1, 0.15) is 37.3 Å². The Hall–Kier alpha value is -1.18. The Morgan fingerprint density at radius 2 is 2.07 bits per heavy atom. The monoisotopic (exact) mass is 206 g/mol. The van der Waals surface area contributed by atoms with E-state index in [0.717, 1.165) is 11.1 Å². The highest BCUT2D eigenvalue weighted by Gasteiger charge is 2.29. The van der Waals surface area contributed by atoms with E-state index in [1.54, 1.807) is 12.1 Å². The first-order chi connectivity index (χ1) is 7.09. The molecule has 2 rings (SSSR count). The number of hydrogen-bond acceptors (Lipinski definition) is 1. The normalized spacial score (nSPS) is 20.5. The van der Waals surface area contributed by atoms with Gasteiger partial charge in [-0.05, 0) is 35.6 Å². The first-order valence-electron chi connectivity index (χ1n) is 5.40. The summed E-state index contributed by atoms with van der Waals surface area (Å²) in [6, 6.07) is 4.79. The quantitative estimate of drug-likeness (QED) is 0.690. The van der Waals surface area contributed by atoms with Gasteiger partial charge < -0.3 is 0 Å². The first kappa shape index (κ1) is 10.3. The van der Waals surface area contributed by atoms with Crippen molar-refractivity contribution in [3.63, 3.8) is 0 Å². The van der Waals surface area contributed by atoms with Gasteiger partial charge in [-0.3, -0.25) is 4.79 Å². The molecule has 15 heavy (non-hydrogen) atoms. The number of fused-ring (bicyclic) bond motifs is 1. The molecule has 1 aliphatic rings. The molecule has 80 valence electrons. The van der Waals surface area contributed by atoms with Crippen molar-refractivity contribution in [2.75, 3.05) is 0 Å². The van der Waals surface area contributed by atoms with Gasteiger partial charge in [0.25, 0.3) is 0 Å². The fourth-order valence-corrected chi connectivity index (χ4v) is 2.41. The first-order valence-corrected chi connectivity index (χ1v) is 5.40. The predicted octanol–water partition coefficient (Wildman–Crippen LogP) is 3.08. The Balaban J connectivity index is 2.48. The van der Waals surface area contributed by atoms with Crippen molar-refractivity contribution in [3.8, 4) is 0 Å². The summed E-state index contributed by atoms with van der Waals surface area (Å²) in [6.45, 7) is 4.09. The summed E-state index contributed by atoms with van der Waals surface area (Å²) in [4.78, 5) is 11.8. The van der Waals surface area contributed by atoms with Gasteiger partial charge in [-0.15, -0.1) is 0 Å². The molecule has 0 N–H and O–H groups in total. The number of rotatable bonds is 1. The Morgan fingerprint density at radius 1 is 1.33 bits per heavy atom. The molecule has 1 nitrogen and oxygen atoms in total. The highest BCUT2D eigenvalue weighted by Crippen LogP contribution is 2.34. The molecule has 0 radical (unpaired) electrons. The maximum absolute atomic E-state index is 13.0. The Kier molecular flexibility index (Phi) is 2.59. The number of halogens is 1. The maximum Gasteiger partial charge on any atom is 0.140 e. The van der Waals surface area contributed by atoms with E-state index in [0.29, 0.717) is 24.5 Å². The van der Waals surface area contributed by atoms with Crippen LogP contribution in [-0.2, 0) is 11.2 Å². The van der Waals surface area contributed by atoms with Crippen molar-refractivity contribution in [2.24, 2.45) is 5.92 Å². The summed E-state index contributed by atoms with van der Waals surface area (Å²) >= 11 is 0. The number of benzene rings is 1. The second kappa shape index (κ2) is 3.76. The Bertz CT molecular complexity index is 396. The third-order valence-electron chi connectivity index (χ3n) is 3.09. The molecule has 0 spiro atoms. The molecule has 0 aliphatic heterocycles. The summed E-state index contributed by atoms with van der Waals surface area (Å²) < 4.78 is 13.0. The molecule has 0 amide bonds. The summed E-state index contributed by atoms with van der Waals surface area (Å²) in [6.07, 6.45) is 1.24. The number of Topliss-reactive ketones (excluding diaryl/α,β-unsaturated/α-hetero) is 1. The van der Waals surface area contributed by atoms with Crippen LogP contribution < -0.4 is 0 Å². The van der Waals surface area contributed by atoms with Crippen LogP contribution in [-0.4, -0.2) is 5.78 Å². The maximum atomic E-state index is 13.0. The zero-order valence-electron chi connectivity index (χ0n) is 9.09. The van der Waals surface area contributed by atoms with E-state index in [1.807, 2.05) is 13.8 Å². The lowest BCUT2D eigenvalue weighted by molar-refractivity contribution is -0.121. The topological polar surface area (TPSA) is 17.1 Å². The fraction of sp³-hybridized carbons (Fsp3) is 0.462.